The van der Waals surface area contributed by atoms with E-state index in [0.29, 0.717) is 5.75 Å². The molecule has 0 spiro atoms. The first-order chi connectivity index (χ1) is 11.0. The molecule has 1 aromatic carbocycles. The summed E-state index contributed by atoms with van der Waals surface area (Å²) in [6.45, 7) is -0.475. The fourth-order valence-electron chi connectivity index (χ4n) is 1.59. The molecule has 0 aliphatic carbocycles. The summed E-state index contributed by atoms with van der Waals surface area (Å²) in [5, 5.41) is 4.27. The third-order valence-corrected chi connectivity index (χ3v) is 4.63. The van der Waals surface area contributed by atoms with Crippen molar-refractivity contribution < 1.29 is 23.1 Å². The number of amides is 1. The summed E-state index contributed by atoms with van der Waals surface area (Å²) >= 11 is 2.99. The zero-order chi connectivity index (χ0) is 16.7. The monoisotopic (exact) mass is 357 g/mol. The molecule has 0 unspecified atom stereocenters. The molecule has 122 valence electrons. The first-order valence-corrected chi connectivity index (χ1v) is 8.58. The molecule has 0 atom stereocenters. The van der Waals surface area contributed by atoms with Crippen LogP contribution in [-0.4, -0.2) is 24.2 Å². The quantitative estimate of drug-likeness (QED) is 0.771. The third kappa shape index (κ3) is 5.99. The fourth-order valence-corrected chi connectivity index (χ4v) is 3.25. The van der Waals surface area contributed by atoms with Gasteiger partial charge in [0.15, 0.2) is 18.2 Å². The van der Waals surface area contributed by atoms with Crippen molar-refractivity contribution in [2.75, 3.05) is 17.7 Å². The van der Waals surface area contributed by atoms with Crippen LogP contribution in [0.5, 0.6) is 0 Å². The van der Waals surface area contributed by atoms with E-state index in [1.54, 1.807) is 11.3 Å². The molecule has 4 nitrogen and oxygen atoms in total. The van der Waals surface area contributed by atoms with Gasteiger partial charge in [0.05, 0.1) is 5.75 Å². The Hall–Kier alpha value is -1.93. The molecule has 0 aliphatic heterocycles. The zero-order valence-electron chi connectivity index (χ0n) is 11.9. The van der Waals surface area contributed by atoms with Gasteiger partial charge in [-0.15, -0.1) is 23.1 Å². The molecule has 0 saturated carbocycles. The molecule has 8 heteroatoms. The number of hydrogen-bond donors (Lipinski definition) is 1. The molecule has 0 radical (unpaired) electrons. The van der Waals surface area contributed by atoms with Crippen molar-refractivity contribution in [2.45, 2.75) is 5.75 Å². The van der Waals surface area contributed by atoms with Gasteiger partial charge in [0.1, 0.15) is 0 Å². The Labute approximate surface area is 139 Å². The maximum Gasteiger partial charge on any atom is 0.316 e. The first kappa shape index (κ1) is 17.4. The van der Waals surface area contributed by atoms with E-state index in [-0.39, 0.29) is 11.4 Å². The SMILES string of the molecule is O=C(COC(=O)CSCc1cccs1)Nc1ccc(F)c(F)c1. The summed E-state index contributed by atoms with van der Waals surface area (Å²) in [6, 6.07) is 6.87. The van der Waals surface area contributed by atoms with Crippen molar-refractivity contribution in [1.82, 2.24) is 0 Å². The summed E-state index contributed by atoms with van der Waals surface area (Å²) in [5.74, 6) is -2.36. The number of carbonyl (C=O) groups is 2. The van der Waals surface area contributed by atoms with Crippen molar-refractivity contribution in [3.63, 3.8) is 0 Å². The second-order valence-electron chi connectivity index (χ2n) is 4.41. The van der Waals surface area contributed by atoms with Crippen LogP contribution in [0, 0.1) is 11.6 Å². The minimum Gasteiger partial charge on any atom is -0.455 e. The van der Waals surface area contributed by atoms with Gasteiger partial charge in [0, 0.05) is 22.4 Å². The minimum atomic E-state index is -1.07. The number of esters is 1. The Morgan fingerprint density at radius 2 is 2.04 bits per heavy atom. The van der Waals surface area contributed by atoms with E-state index in [1.807, 2.05) is 17.5 Å². The van der Waals surface area contributed by atoms with Crippen molar-refractivity contribution >= 4 is 40.7 Å². The average Bonchev–Trinajstić information content (AvgIpc) is 3.02. The highest BCUT2D eigenvalue weighted by Gasteiger charge is 2.10. The van der Waals surface area contributed by atoms with Crippen molar-refractivity contribution in [1.29, 1.82) is 0 Å². The van der Waals surface area contributed by atoms with Gasteiger partial charge in [-0.1, -0.05) is 6.07 Å². The number of thioether (sulfide) groups is 1. The van der Waals surface area contributed by atoms with Crippen molar-refractivity contribution in [2.24, 2.45) is 0 Å². The Kier molecular flexibility index (Phi) is 6.54. The normalized spacial score (nSPS) is 10.3. The standard InChI is InChI=1S/C15H13F2NO3S2/c16-12-4-3-10(6-13(12)17)18-14(19)7-21-15(20)9-22-8-11-2-1-5-23-11/h1-6H,7-9H2,(H,18,19). The van der Waals surface area contributed by atoms with Gasteiger partial charge in [-0.05, 0) is 23.6 Å². The Balaban J connectivity index is 1.67. The highest BCUT2D eigenvalue weighted by molar-refractivity contribution is 7.99. The van der Waals surface area contributed by atoms with Gasteiger partial charge in [0.2, 0.25) is 0 Å². The lowest BCUT2D eigenvalue weighted by Gasteiger charge is -2.07. The van der Waals surface area contributed by atoms with Crippen LogP contribution in [0.1, 0.15) is 4.88 Å². The molecule has 1 aromatic heterocycles. The van der Waals surface area contributed by atoms with Crippen LogP contribution in [0.2, 0.25) is 0 Å². The van der Waals surface area contributed by atoms with Crippen LogP contribution in [0.3, 0.4) is 0 Å². The number of halogens is 2. The molecule has 2 aromatic rings. The van der Waals surface area contributed by atoms with E-state index in [9.17, 15) is 18.4 Å². The number of hydrogen-bond acceptors (Lipinski definition) is 5. The molecule has 23 heavy (non-hydrogen) atoms. The van der Waals surface area contributed by atoms with Crippen LogP contribution in [0.15, 0.2) is 35.7 Å². The minimum absolute atomic E-state index is 0.0945. The first-order valence-electron chi connectivity index (χ1n) is 6.55. The Morgan fingerprint density at radius 3 is 2.74 bits per heavy atom. The van der Waals surface area contributed by atoms with E-state index >= 15 is 0 Å². The molecule has 0 fully saturated rings. The smallest absolute Gasteiger partial charge is 0.316 e. The van der Waals surface area contributed by atoms with Gasteiger partial charge in [-0.3, -0.25) is 9.59 Å². The summed E-state index contributed by atoms with van der Waals surface area (Å²) in [6.07, 6.45) is 0. The Bertz CT molecular complexity index is 677. The molecule has 0 saturated heterocycles. The van der Waals surface area contributed by atoms with Crippen LogP contribution in [-0.2, 0) is 20.1 Å². The van der Waals surface area contributed by atoms with E-state index in [4.69, 9.17) is 4.74 Å². The zero-order valence-corrected chi connectivity index (χ0v) is 13.5. The predicted octanol–water partition coefficient (Wildman–Crippen LogP) is 3.44. The van der Waals surface area contributed by atoms with Gasteiger partial charge >= 0.3 is 5.97 Å². The molecule has 0 bridgehead atoms. The van der Waals surface area contributed by atoms with Gasteiger partial charge in [-0.2, -0.15) is 0 Å². The number of rotatable bonds is 7. The molecule has 1 amide bonds. The van der Waals surface area contributed by atoms with E-state index in [0.717, 1.165) is 17.0 Å². The van der Waals surface area contributed by atoms with Crippen LogP contribution >= 0.6 is 23.1 Å². The van der Waals surface area contributed by atoms with Crippen molar-refractivity contribution in [3.8, 4) is 0 Å². The summed E-state index contributed by atoms with van der Waals surface area (Å²) < 4.78 is 30.6. The van der Waals surface area contributed by atoms with E-state index in [1.165, 1.54) is 17.8 Å². The number of nitrogens with one attached hydrogen (secondary N) is 1. The predicted molar refractivity (Wildman–Crippen MR) is 86.4 cm³/mol. The molecule has 0 aliphatic rings. The fraction of sp³-hybridized carbons (Fsp3) is 0.200. The van der Waals surface area contributed by atoms with Gasteiger partial charge in [-0.25, -0.2) is 8.78 Å². The van der Waals surface area contributed by atoms with E-state index in [2.05, 4.69) is 5.32 Å². The van der Waals surface area contributed by atoms with E-state index < -0.39 is 30.1 Å². The van der Waals surface area contributed by atoms with Crippen LogP contribution in [0.4, 0.5) is 14.5 Å². The Morgan fingerprint density at radius 1 is 1.22 bits per heavy atom. The third-order valence-electron chi connectivity index (χ3n) is 2.61. The van der Waals surface area contributed by atoms with Crippen molar-refractivity contribution in [3.05, 3.63) is 52.2 Å². The molecule has 2 rings (SSSR count). The van der Waals surface area contributed by atoms with Gasteiger partial charge < -0.3 is 10.1 Å². The second-order valence-corrected chi connectivity index (χ2v) is 6.43. The summed E-state index contributed by atoms with van der Waals surface area (Å²) in [7, 11) is 0. The lowest BCUT2D eigenvalue weighted by Crippen LogP contribution is -2.21. The number of carbonyl (C=O) groups excluding carboxylic acids is 2. The highest BCUT2D eigenvalue weighted by Crippen LogP contribution is 2.17. The maximum absolute atomic E-state index is 13.0. The number of benzene rings is 1. The number of ether oxygens (including phenoxy) is 1. The second kappa shape index (κ2) is 8.64. The van der Waals surface area contributed by atoms with Gasteiger partial charge in [0.25, 0.3) is 5.91 Å². The molecular formula is C15H13F2NO3S2. The summed E-state index contributed by atoms with van der Waals surface area (Å²) in [5.41, 5.74) is 0.0945. The number of anilines is 1. The molecule has 1 heterocycles. The summed E-state index contributed by atoms with van der Waals surface area (Å²) in [4.78, 5) is 24.2. The number of thiophene rings is 1. The molecular weight excluding hydrogens is 344 g/mol. The highest BCUT2D eigenvalue weighted by atomic mass is 32.2. The maximum atomic E-state index is 13.0. The molecule has 1 N–H and O–H groups in total. The lowest BCUT2D eigenvalue weighted by atomic mass is 10.3. The lowest BCUT2D eigenvalue weighted by molar-refractivity contribution is -0.144. The largest absolute Gasteiger partial charge is 0.455 e. The van der Waals surface area contributed by atoms with Crippen LogP contribution < -0.4 is 5.32 Å². The average molecular weight is 357 g/mol. The van der Waals surface area contributed by atoms with Crippen LogP contribution in [0.25, 0.3) is 0 Å². The topological polar surface area (TPSA) is 55.4 Å².